The number of hydrogen-bond donors (Lipinski definition) is 4. The molecule has 1 aromatic heterocycles. The highest BCUT2D eigenvalue weighted by atomic mass is 16.3. The van der Waals surface area contributed by atoms with E-state index in [0.29, 0.717) is 12.3 Å². The van der Waals surface area contributed by atoms with Crippen molar-refractivity contribution in [2.24, 2.45) is 5.92 Å². The van der Waals surface area contributed by atoms with Crippen molar-refractivity contribution in [2.45, 2.75) is 38.1 Å². The molecule has 1 heterocycles. The minimum atomic E-state index is -0.632. The number of rotatable bonds is 3. The molecule has 0 radical (unpaired) electrons. The molecule has 20 heavy (non-hydrogen) atoms. The van der Waals surface area contributed by atoms with Gasteiger partial charge in [0.1, 0.15) is 0 Å². The highest BCUT2D eigenvalue weighted by molar-refractivity contribution is 5.94. The Bertz CT molecular complexity index is 554. The van der Waals surface area contributed by atoms with Gasteiger partial charge in [0.05, 0.1) is 17.7 Å². The van der Waals surface area contributed by atoms with Crippen molar-refractivity contribution in [1.29, 1.82) is 0 Å². The van der Waals surface area contributed by atoms with Crippen LogP contribution in [0, 0.1) is 5.92 Å². The molecule has 110 valence electrons. The zero-order valence-electron chi connectivity index (χ0n) is 11.5. The number of aromatic nitrogens is 1. The average molecular weight is 280 g/mol. The van der Waals surface area contributed by atoms with Crippen molar-refractivity contribution < 1.29 is 15.0 Å². The van der Waals surface area contributed by atoms with Crippen LogP contribution in [0.25, 0.3) is 0 Å². The Morgan fingerprint density at radius 1 is 1.55 bits per heavy atom. The smallest absolute Gasteiger partial charge is 0.252 e. The standard InChI is InChI=1S/C14H20N2O4/c1-9-3-2-4-14(7-9,8-17)16-13(20)10-5-11(18)15-12(19)6-10/h5-6,9,17H,2-4,7-8H2,1H3,(H,16,20)(H2,15,18,19). The monoisotopic (exact) mass is 280 g/mol. The lowest BCUT2D eigenvalue weighted by Gasteiger charge is -2.39. The summed E-state index contributed by atoms with van der Waals surface area (Å²) < 4.78 is 0. The maximum Gasteiger partial charge on any atom is 0.252 e. The summed E-state index contributed by atoms with van der Waals surface area (Å²) in [5.74, 6) is -0.365. The van der Waals surface area contributed by atoms with E-state index in [9.17, 15) is 19.8 Å². The molecule has 1 saturated carbocycles. The van der Waals surface area contributed by atoms with Crippen LogP contribution in [0.2, 0.25) is 0 Å². The molecule has 1 aliphatic carbocycles. The molecule has 0 aliphatic heterocycles. The minimum Gasteiger partial charge on any atom is -0.494 e. The fourth-order valence-corrected chi connectivity index (χ4v) is 2.93. The summed E-state index contributed by atoms with van der Waals surface area (Å²) in [5.41, 5.74) is -1.07. The number of aromatic hydroxyl groups is 1. The fourth-order valence-electron chi connectivity index (χ4n) is 2.93. The maximum atomic E-state index is 12.2. The van der Waals surface area contributed by atoms with E-state index in [1.807, 2.05) is 0 Å². The van der Waals surface area contributed by atoms with Crippen LogP contribution in [0.15, 0.2) is 16.9 Å². The van der Waals surface area contributed by atoms with Crippen LogP contribution in [-0.2, 0) is 0 Å². The third-order valence-electron chi connectivity index (χ3n) is 3.87. The molecule has 0 bridgehead atoms. The van der Waals surface area contributed by atoms with E-state index in [1.54, 1.807) is 0 Å². The number of pyridine rings is 1. The molecule has 6 nitrogen and oxygen atoms in total. The van der Waals surface area contributed by atoms with Crippen molar-refractivity contribution in [3.05, 3.63) is 28.0 Å². The highest BCUT2D eigenvalue weighted by Gasteiger charge is 2.36. The number of amides is 1. The van der Waals surface area contributed by atoms with Crippen LogP contribution in [0.4, 0.5) is 0 Å². The van der Waals surface area contributed by atoms with E-state index in [1.165, 1.54) is 6.07 Å². The second kappa shape index (κ2) is 5.66. The Morgan fingerprint density at radius 2 is 2.30 bits per heavy atom. The number of carbonyl (C=O) groups excluding carboxylic acids is 1. The normalized spacial score (nSPS) is 26.2. The molecule has 1 fully saturated rings. The quantitative estimate of drug-likeness (QED) is 0.656. The number of aliphatic hydroxyl groups is 1. The highest BCUT2D eigenvalue weighted by Crippen LogP contribution is 2.32. The summed E-state index contributed by atoms with van der Waals surface area (Å²) in [7, 11) is 0. The fraction of sp³-hybridized carbons (Fsp3) is 0.571. The largest absolute Gasteiger partial charge is 0.494 e. The Labute approximate surface area is 116 Å². The molecule has 0 saturated heterocycles. The molecule has 2 atom stereocenters. The predicted molar refractivity (Wildman–Crippen MR) is 73.6 cm³/mol. The summed E-state index contributed by atoms with van der Waals surface area (Å²) in [6, 6.07) is 2.33. The van der Waals surface area contributed by atoms with Gasteiger partial charge in [-0.1, -0.05) is 19.8 Å². The van der Waals surface area contributed by atoms with Crippen molar-refractivity contribution in [1.82, 2.24) is 10.3 Å². The SMILES string of the molecule is CC1CCCC(CO)(NC(=O)c2cc(O)[nH]c(=O)c2)C1. The number of aliphatic hydroxyl groups excluding tert-OH is 1. The van der Waals surface area contributed by atoms with Gasteiger partial charge in [-0.3, -0.25) is 14.6 Å². The topological polar surface area (TPSA) is 102 Å². The average Bonchev–Trinajstić information content (AvgIpc) is 2.37. The number of H-pyrrole nitrogens is 1. The van der Waals surface area contributed by atoms with Gasteiger partial charge in [0.25, 0.3) is 11.5 Å². The Hall–Kier alpha value is -1.82. The molecule has 4 N–H and O–H groups in total. The zero-order chi connectivity index (χ0) is 14.8. The predicted octanol–water partition coefficient (Wildman–Crippen LogP) is 0.751. The number of nitrogens with one attached hydrogen (secondary N) is 2. The van der Waals surface area contributed by atoms with Gasteiger partial charge in [-0.25, -0.2) is 0 Å². The van der Waals surface area contributed by atoms with Crippen molar-refractivity contribution >= 4 is 5.91 Å². The number of aromatic amines is 1. The lowest BCUT2D eigenvalue weighted by Crippen LogP contribution is -2.53. The lowest BCUT2D eigenvalue weighted by molar-refractivity contribution is 0.0696. The van der Waals surface area contributed by atoms with Gasteiger partial charge in [-0.05, 0) is 18.8 Å². The molecule has 1 amide bonds. The lowest BCUT2D eigenvalue weighted by atomic mass is 9.76. The van der Waals surface area contributed by atoms with Crippen LogP contribution in [0.3, 0.4) is 0 Å². The van der Waals surface area contributed by atoms with Gasteiger partial charge in [0.2, 0.25) is 0 Å². The number of carbonyl (C=O) groups is 1. The van der Waals surface area contributed by atoms with E-state index in [2.05, 4.69) is 17.2 Å². The summed E-state index contributed by atoms with van der Waals surface area (Å²) in [5, 5.41) is 21.8. The molecule has 2 rings (SSSR count). The van der Waals surface area contributed by atoms with Crippen molar-refractivity contribution in [3.63, 3.8) is 0 Å². The first-order valence-corrected chi connectivity index (χ1v) is 6.81. The Morgan fingerprint density at radius 3 is 2.90 bits per heavy atom. The first-order chi connectivity index (χ1) is 9.44. The van der Waals surface area contributed by atoms with Crippen LogP contribution in [0.1, 0.15) is 43.0 Å². The molecular formula is C14H20N2O4. The molecular weight excluding hydrogens is 260 g/mol. The van der Waals surface area contributed by atoms with Gasteiger partial charge < -0.3 is 15.5 Å². The van der Waals surface area contributed by atoms with E-state index in [0.717, 1.165) is 25.3 Å². The Balaban J connectivity index is 2.18. The van der Waals surface area contributed by atoms with Gasteiger partial charge in [-0.15, -0.1) is 0 Å². The van der Waals surface area contributed by atoms with E-state index < -0.39 is 17.0 Å². The van der Waals surface area contributed by atoms with Crippen LogP contribution >= 0.6 is 0 Å². The molecule has 2 unspecified atom stereocenters. The summed E-state index contributed by atoms with van der Waals surface area (Å²) in [6.07, 6.45) is 3.46. The summed E-state index contributed by atoms with van der Waals surface area (Å²) in [6.45, 7) is 1.97. The van der Waals surface area contributed by atoms with E-state index in [4.69, 9.17) is 0 Å². The van der Waals surface area contributed by atoms with E-state index >= 15 is 0 Å². The maximum absolute atomic E-state index is 12.2. The molecule has 1 aliphatic rings. The first kappa shape index (κ1) is 14.6. The summed E-state index contributed by atoms with van der Waals surface area (Å²) in [4.78, 5) is 25.6. The Kier molecular flexibility index (Phi) is 4.13. The molecule has 0 spiro atoms. The zero-order valence-corrected chi connectivity index (χ0v) is 11.5. The second-order valence-corrected chi connectivity index (χ2v) is 5.71. The van der Waals surface area contributed by atoms with Gasteiger partial charge >= 0.3 is 0 Å². The van der Waals surface area contributed by atoms with E-state index in [-0.39, 0.29) is 18.1 Å². The molecule has 0 aromatic carbocycles. The summed E-state index contributed by atoms with van der Waals surface area (Å²) >= 11 is 0. The number of hydrogen-bond acceptors (Lipinski definition) is 4. The van der Waals surface area contributed by atoms with Gasteiger partial charge in [-0.2, -0.15) is 0 Å². The van der Waals surface area contributed by atoms with Crippen LogP contribution < -0.4 is 10.9 Å². The van der Waals surface area contributed by atoms with Crippen molar-refractivity contribution in [2.75, 3.05) is 6.61 Å². The first-order valence-electron chi connectivity index (χ1n) is 6.81. The van der Waals surface area contributed by atoms with Crippen LogP contribution in [0.5, 0.6) is 5.88 Å². The minimum absolute atomic E-state index is 0.0947. The third kappa shape index (κ3) is 3.19. The van der Waals surface area contributed by atoms with Gasteiger partial charge in [0.15, 0.2) is 5.88 Å². The third-order valence-corrected chi connectivity index (χ3v) is 3.87. The molecule has 6 heteroatoms. The van der Waals surface area contributed by atoms with Gasteiger partial charge in [0, 0.05) is 12.1 Å². The molecule has 1 aromatic rings. The second-order valence-electron chi connectivity index (χ2n) is 5.71. The van der Waals surface area contributed by atoms with Crippen LogP contribution in [-0.4, -0.2) is 33.3 Å². The van der Waals surface area contributed by atoms with Crippen molar-refractivity contribution in [3.8, 4) is 5.88 Å².